The lowest BCUT2D eigenvalue weighted by molar-refractivity contribution is -0.131. The molecular formula is C21H24N2O5. The Kier molecular flexibility index (Phi) is 6.37. The number of nitrogens with zero attached hydrogens (tertiary/aromatic N) is 1. The molecule has 0 spiro atoms. The van der Waals surface area contributed by atoms with Gasteiger partial charge in [-0.05, 0) is 24.1 Å². The molecule has 0 saturated carbocycles. The molecule has 2 aromatic carbocycles. The van der Waals surface area contributed by atoms with Crippen LogP contribution >= 0.6 is 0 Å². The molecule has 0 aliphatic carbocycles. The predicted molar refractivity (Wildman–Crippen MR) is 105 cm³/mol. The van der Waals surface area contributed by atoms with Crippen molar-refractivity contribution in [2.24, 2.45) is 5.16 Å². The van der Waals surface area contributed by atoms with Gasteiger partial charge in [0.1, 0.15) is 0 Å². The second-order valence-corrected chi connectivity index (χ2v) is 6.28. The van der Waals surface area contributed by atoms with Gasteiger partial charge in [-0.25, -0.2) is 0 Å². The third kappa shape index (κ3) is 4.36. The Morgan fingerprint density at radius 2 is 1.79 bits per heavy atom. The monoisotopic (exact) mass is 384 g/mol. The van der Waals surface area contributed by atoms with Gasteiger partial charge in [-0.3, -0.25) is 4.79 Å². The van der Waals surface area contributed by atoms with Crippen LogP contribution in [0.2, 0.25) is 0 Å². The van der Waals surface area contributed by atoms with Gasteiger partial charge < -0.3 is 24.4 Å². The van der Waals surface area contributed by atoms with Crippen molar-refractivity contribution < 1.29 is 23.8 Å². The Labute approximate surface area is 164 Å². The maximum absolute atomic E-state index is 12.4. The normalized spacial score (nSPS) is 15.4. The Bertz CT molecular complexity index is 826. The van der Waals surface area contributed by atoms with Crippen LogP contribution in [-0.2, 0) is 16.1 Å². The van der Waals surface area contributed by atoms with Gasteiger partial charge in [0.2, 0.25) is 11.9 Å². The maximum Gasteiger partial charge on any atom is 0.264 e. The molecule has 3 rings (SSSR count). The number of benzene rings is 2. The first-order valence-corrected chi connectivity index (χ1v) is 9.01. The van der Waals surface area contributed by atoms with Crippen molar-refractivity contribution >= 4 is 11.6 Å². The van der Waals surface area contributed by atoms with Gasteiger partial charge >= 0.3 is 0 Å². The molecule has 0 unspecified atom stereocenters. The average Bonchev–Trinajstić information content (AvgIpc) is 3.23. The smallest absolute Gasteiger partial charge is 0.264 e. The van der Waals surface area contributed by atoms with Crippen molar-refractivity contribution in [1.82, 2.24) is 5.32 Å². The summed E-state index contributed by atoms with van der Waals surface area (Å²) in [4.78, 5) is 17.7. The lowest BCUT2D eigenvalue weighted by Crippen LogP contribution is -2.36. The lowest BCUT2D eigenvalue weighted by Gasteiger charge is -2.14. The maximum atomic E-state index is 12.4. The second-order valence-electron chi connectivity index (χ2n) is 6.28. The van der Waals surface area contributed by atoms with Crippen LogP contribution in [0.25, 0.3) is 0 Å². The van der Waals surface area contributed by atoms with Gasteiger partial charge in [-0.15, -0.1) is 0 Å². The molecule has 1 aliphatic rings. The van der Waals surface area contributed by atoms with Crippen LogP contribution in [0.3, 0.4) is 0 Å². The van der Waals surface area contributed by atoms with Crippen molar-refractivity contribution in [3.8, 4) is 17.2 Å². The van der Waals surface area contributed by atoms with Gasteiger partial charge in [-0.2, -0.15) is 0 Å². The minimum atomic E-state index is -0.648. The summed E-state index contributed by atoms with van der Waals surface area (Å²) in [5.74, 6) is 1.37. The van der Waals surface area contributed by atoms with Crippen molar-refractivity contribution in [1.29, 1.82) is 0 Å². The topological polar surface area (TPSA) is 78.4 Å². The van der Waals surface area contributed by atoms with E-state index >= 15 is 0 Å². The molecule has 2 aromatic rings. The van der Waals surface area contributed by atoms with E-state index in [0.29, 0.717) is 35.9 Å². The molecule has 0 fully saturated rings. The van der Waals surface area contributed by atoms with Crippen molar-refractivity contribution in [2.45, 2.75) is 18.9 Å². The molecule has 148 valence electrons. The molecule has 1 atom stereocenters. The van der Waals surface area contributed by atoms with Crippen LogP contribution in [0.1, 0.15) is 17.5 Å². The SMILES string of the molecule is COc1cc(C2=NO[C@@H](C(=O)NCCc3ccccc3)C2)cc(OC)c1OC. The quantitative estimate of drug-likeness (QED) is 0.757. The lowest BCUT2D eigenvalue weighted by atomic mass is 10.0. The first kappa shape index (κ1) is 19.5. The fraction of sp³-hybridized carbons (Fsp3) is 0.333. The second kappa shape index (κ2) is 9.12. The van der Waals surface area contributed by atoms with Crippen LogP contribution in [0, 0.1) is 0 Å². The molecule has 0 bridgehead atoms. The van der Waals surface area contributed by atoms with E-state index in [-0.39, 0.29) is 5.91 Å². The van der Waals surface area contributed by atoms with E-state index in [2.05, 4.69) is 10.5 Å². The van der Waals surface area contributed by atoms with Gasteiger partial charge in [0.05, 0.1) is 27.0 Å². The minimum absolute atomic E-state index is 0.179. The number of hydrogen-bond donors (Lipinski definition) is 1. The number of rotatable bonds is 8. The summed E-state index contributed by atoms with van der Waals surface area (Å²) in [7, 11) is 4.65. The molecule has 28 heavy (non-hydrogen) atoms. The van der Waals surface area contributed by atoms with Gasteiger partial charge in [-0.1, -0.05) is 35.5 Å². The Morgan fingerprint density at radius 3 is 2.39 bits per heavy atom. The first-order chi connectivity index (χ1) is 13.7. The van der Waals surface area contributed by atoms with Gasteiger partial charge in [0.25, 0.3) is 5.91 Å². The van der Waals surface area contributed by atoms with E-state index in [1.807, 2.05) is 30.3 Å². The highest BCUT2D eigenvalue weighted by Crippen LogP contribution is 2.39. The molecule has 1 aliphatic heterocycles. The number of methoxy groups -OCH3 is 3. The first-order valence-electron chi connectivity index (χ1n) is 9.01. The van der Waals surface area contributed by atoms with E-state index in [4.69, 9.17) is 19.0 Å². The zero-order chi connectivity index (χ0) is 19.9. The summed E-state index contributed by atoms with van der Waals surface area (Å²) in [6.07, 6.45) is 0.486. The highest BCUT2D eigenvalue weighted by Gasteiger charge is 2.29. The molecule has 7 nitrogen and oxygen atoms in total. The van der Waals surface area contributed by atoms with Crippen LogP contribution in [0.4, 0.5) is 0 Å². The third-order valence-electron chi connectivity index (χ3n) is 4.51. The third-order valence-corrected chi connectivity index (χ3v) is 4.51. The van der Waals surface area contributed by atoms with Gasteiger partial charge in [0.15, 0.2) is 11.5 Å². The molecule has 1 amide bonds. The summed E-state index contributed by atoms with van der Waals surface area (Å²) in [5, 5.41) is 6.99. The number of hydrogen-bond acceptors (Lipinski definition) is 6. The van der Waals surface area contributed by atoms with E-state index in [9.17, 15) is 4.79 Å². The number of carbonyl (C=O) groups is 1. The molecule has 1 heterocycles. The Balaban J connectivity index is 1.60. The number of oxime groups is 1. The largest absolute Gasteiger partial charge is 0.493 e. The molecule has 7 heteroatoms. The minimum Gasteiger partial charge on any atom is -0.493 e. The van der Waals surface area contributed by atoms with E-state index in [0.717, 1.165) is 12.0 Å². The Hall–Kier alpha value is -3.22. The van der Waals surface area contributed by atoms with Crippen molar-refractivity contribution in [3.05, 3.63) is 53.6 Å². The van der Waals surface area contributed by atoms with Gasteiger partial charge in [0, 0.05) is 18.5 Å². The van der Waals surface area contributed by atoms with Crippen LogP contribution < -0.4 is 19.5 Å². The summed E-state index contributed by atoms with van der Waals surface area (Å²) >= 11 is 0. The summed E-state index contributed by atoms with van der Waals surface area (Å²) in [6.45, 7) is 0.544. The number of amides is 1. The zero-order valence-electron chi connectivity index (χ0n) is 16.2. The number of carbonyl (C=O) groups excluding carboxylic acids is 1. The standard InChI is InChI=1S/C21H24N2O5/c1-25-17-11-15(12-18(26-2)20(17)27-3)16-13-19(28-23-16)21(24)22-10-9-14-7-5-4-6-8-14/h4-8,11-12,19H,9-10,13H2,1-3H3,(H,22,24)/t19-/m1/s1. The average molecular weight is 384 g/mol. The number of nitrogens with one attached hydrogen (secondary N) is 1. The Morgan fingerprint density at radius 1 is 1.11 bits per heavy atom. The summed E-state index contributed by atoms with van der Waals surface area (Å²) in [5.41, 5.74) is 2.58. The molecular weight excluding hydrogens is 360 g/mol. The highest BCUT2D eigenvalue weighted by molar-refractivity contribution is 6.04. The van der Waals surface area contributed by atoms with E-state index in [1.165, 1.54) is 5.56 Å². The van der Waals surface area contributed by atoms with Crippen LogP contribution in [0.5, 0.6) is 17.2 Å². The predicted octanol–water partition coefficient (Wildman–Crippen LogP) is 2.56. The molecule has 1 N–H and O–H groups in total. The van der Waals surface area contributed by atoms with Crippen molar-refractivity contribution in [2.75, 3.05) is 27.9 Å². The summed E-state index contributed by atoms with van der Waals surface area (Å²) < 4.78 is 16.1. The van der Waals surface area contributed by atoms with E-state index in [1.54, 1.807) is 33.5 Å². The zero-order valence-corrected chi connectivity index (χ0v) is 16.2. The molecule has 0 saturated heterocycles. The van der Waals surface area contributed by atoms with Crippen molar-refractivity contribution in [3.63, 3.8) is 0 Å². The number of ether oxygens (including phenoxy) is 3. The fourth-order valence-electron chi connectivity index (χ4n) is 3.02. The molecule has 0 aromatic heterocycles. The fourth-order valence-corrected chi connectivity index (χ4v) is 3.02. The highest BCUT2D eigenvalue weighted by atomic mass is 16.6. The van der Waals surface area contributed by atoms with Crippen LogP contribution in [0.15, 0.2) is 47.6 Å². The van der Waals surface area contributed by atoms with E-state index < -0.39 is 6.10 Å². The molecule has 0 radical (unpaired) electrons. The van der Waals surface area contributed by atoms with Crippen LogP contribution in [-0.4, -0.2) is 45.6 Å². The summed E-state index contributed by atoms with van der Waals surface area (Å²) in [6, 6.07) is 13.6.